The number of aliphatic hydroxyl groups is 1. The molecular weight excluding hydrogens is 247 g/mol. The second-order valence-corrected chi connectivity index (χ2v) is 6.97. The standard InChI is InChI=1S/C15H23FOS/c1-15(2,3)10-4-5-13(17)11-18-14-8-6-12(16)7-9-14/h6-9,13,17H,4-5,10-11H2,1-3H3. The molecule has 0 aliphatic carbocycles. The van der Waals surface area contributed by atoms with Crippen molar-refractivity contribution in [2.75, 3.05) is 5.75 Å². The highest BCUT2D eigenvalue weighted by molar-refractivity contribution is 7.99. The third-order valence-electron chi connectivity index (χ3n) is 2.72. The first-order chi connectivity index (χ1) is 8.37. The third kappa shape index (κ3) is 7.02. The molecule has 0 saturated heterocycles. The van der Waals surface area contributed by atoms with Crippen LogP contribution in [0.4, 0.5) is 4.39 Å². The molecule has 0 bridgehead atoms. The molecular formula is C15H23FOS. The zero-order valence-corrected chi connectivity index (χ0v) is 12.3. The maximum atomic E-state index is 12.7. The van der Waals surface area contributed by atoms with Crippen molar-refractivity contribution >= 4 is 11.8 Å². The molecule has 0 amide bonds. The molecule has 1 unspecified atom stereocenters. The second-order valence-electron chi connectivity index (χ2n) is 5.87. The molecule has 0 aromatic heterocycles. The molecule has 1 N–H and O–H groups in total. The average molecular weight is 270 g/mol. The molecule has 0 heterocycles. The Morgan fingerprint density at radius 2 is 1.83 bits per heavy atom. The van der Waals surface area contributed by atoms with Crippen molar-refractivity contribution in [1.29, 1.82) is 0 Å². The quantitative estimate of drug-likeness (QED) is 0.768. The topological polar surface area (TPSA) is 20.2 Å². The van der Waals surface area contributed by atoms with Gasteiger partial charge < -0.3 is 5.11 Å². The number of thioether (sulfide) groups is 1. The summed E-state index contributed by atoms with van der Waals surface area (Å²) < 4.78 is 12.7. The lowest BCUT2D eigenvalue weighted by molar-refractivity contribution is 0.178. The number of rotatable bonds is 6. The summed E-state index contributed by atoms with van der Waals surface area (Å²) in [5.74, 6) is 0.459. The summed E-state index contributed by atoms with van der Waals surface area (Å²) in [6.07, 6.45) is 2.74. The van der Waals surface area contributed by atoms with E-state index in [4.69, 9.17) is 0 Å². The summed E-state index contributed by atoms with van der Waals surface area (Å²) in [4.78, 5) is 1.01. The predicted molar refractivity (Wildman–Crippen MR) is 76.4 cm³/mol. The van der Waals surface area contributed by atoms with E-state index in [1.807, 2.05) is 0 Å². The first-order valence-electron chi connectivity index (χ1n) is 6.43. The van der Waals surface area contributed by atoms with Crippen LogP contribution in [0.3, 0.4) is 0 Å². The van der Waals surface area contributed by atoms with Gasteiger partial charge in [0.15, 0.2) is 0 Å². The zero-order chi connectivity index (χ0) is 13.6. The summed E-state index contributed by atoms with van der Waals surface area (Å²) in [7, 11) is 0. The Morgan fingerprint density at radius 1 is 1.22 bits per heavy atom. The average Bonchev–Trinajstić information content (AvgIpc) is 2.26. The minimum absolute atomic E-state index is 0.218. The van der Waals surface area contributed by atoms with Crippen molar-refractivity contribution in [3.05, 3.63) is 30.1 Å². The first kappa shape index (κ1) is 15.5. The van der Waals surface area contributed by atoms with Crippen LogP contribution in [0.1, 0.15) is 40.0 Å². The molecule has 1 aromatic carbocycles. The molecule has 0 radical (unpaired) electrons. The molecule has 0 fully saturated rings. The van der Waals surface area contributed by atoms with Crippen LogP contribution in [-0.2, 0) is 0 Å². The van der Waals surface area contributed by atoms with Crippen LogP contribution in [0.25, 0.3) is 0 Å². The zero-order valence-electron chi connectivity index (χ0n) is 11.4. The van der Waals surface area contributed by atoms with Crippen LogP contribution >= 0.6 is 11.8 Å². The minimum Gasteiger partial charge on any atom is -0.392 e. The van der Waals surface area contributed by atoms with Crippen LogP contribution in [0.15, 0.2) is 29.2 Å². The fraction of sp³-hybridized carbons (Fsp3) is 0.600. The van der Waals surface area contributed by atoms with Gasteiger partial charge in [0.05, 0.1) is 6.10 Å². The van der Waals surface area contributed by atoms with E-state index >= 15 is 0 Å². The number of benzene rings is 1. The van der Waals surface area contributed by atoms with E-state index in [1.54, 1.807) is 23.9 Å². The summed E-state index contributed by atoms with van der Waals surface area (Å²) in [6.45, 7) is 6.64. The molecule has 0 saturated carbocycles. The van der Waals surface area contributed by atoms with Gasteiger partial charge in [0.2, 0.25) is 0 Å². The summed E-state index contributed by atoms with van der Waals surface area (Å²) >= 11 is 1.58. The second kappa shape index (κ2) is 7.15. The molecule has 1 atom stereocenters. The van der Waals surface area contributed by atoms with Gasteiger partial charge in [-0.1, -0.05) is 27.2 Å². The van der Waals surface area contributed by atoms with Crippen LogP contribution in [0, 0.1) is 11.2 Å². The van der Waals surface area contributed by atoms with Gasteiger partial charge in [-0.15, -0.1) is 11.8 Å². The minimum atomic E-state index is -0.276. The van der Waals surface area contributed by atoms with E-state index in [-0.39, 0.29) is 11.9 Å². The molecule has 102 valence electrons. The van der Waals surface area contributed by atoms with Crippen LogP contribution in [0.2, 0.25) is 0 Å². The van der Waals surface area contributed by atoms with E-state index in [2.05, 4.69) is 20.8 Å². The van der Waals surface area contributed by atoms with E-state index in [0.717, 1.165) is 24.2 Å². The lowest BCUT2D eigenvalue weighted by atomic mass is 9.89. The largest absolute Gasteiger partial charge is 0.392 e. The van der Waals surface area contributed by atoms with Gasteiger partial charge in [0, 0.05) is 10.6 Å². The van der Waals surface area contributed by atoms with Gasteiger partial charge in [-0.2, -0.15) is 0 Å². The molecule has 0 spiro atoms. The highest BCUT2D eigenvalue weighted by atomic mass is 32.2. The van der Waals surface area contributed by atoms with Crippen LogP contribution in [0.5, 0.6) is 0 Å². The molecule has 1 rings (SSSR count). The molecule has 0 aliphatic rings. The van der Waals surface area contributed by atoms with Gasteiger partial charge in [-0.05, 0) is 42.5 Å². The number of halogens is 1. The number of hydrogen-bond donors (Lipinski definition) is 1. The Hall–Kier alpha value is -0.540. The van der Waals surface area contributed by atoms with Crippen molar-refractivity contribution in [1.82, 2.24) is 0 Å². The van der Waals surface area contributed by atoms with Gasteiger partial charge in [-0.25, -0.2) is 4.39 Å². The Balaban J connectivity index is 2.21. The van der Waals surface area contributed by atoms with E-state index in [0.29, 0.717) is 11.2 Å². The highest BCUT2D eigenvalue weighted by Gasteiger charge is 2.11. The summed E-state index contributed by atoms with van der Waals surface area (Å²) in [6, 6.07) is 6.41. The van der Waals surface area contributed by atoms with Gasteiger partial charge >= 0.3 is 0 Å². The van der Waals surface area contributed by atoms with E-state index in [9.17, 15) is 9.50 Å². The normalized spacial score (nSPS) is 13.6. The fourth-order valence-electron chi connectivity index (χ4n) is 1.67. The fourth-order valence-corrected chi connectivity index (χ4v) is 2.55. The van der Waals surface area contributed by atoms with Crippen molar-refractivity contribution in [2.45, 2.75) is 51.0 Å². The highest BCUT2D eigenvalue weighted by Crippen LogP contribution is 2.24. The smallest absolute Gasteiger partial charge is 0.123 e. The first-order valence-corrected chi connectivity index (χ1v) is 7.42. The SMILES string of the molecule is CC(C)(C)CCCC(O)CSc1ccc(F)cc1. The Morgan fingerprint density at radius 3 is 2.39 bits per heavy atom. The maximum Gasteiger partial charge on any atom is 0.123 e. The maximum absolute atomic E-state index is 12.7. The molecule has 1 aromatic rings. The van der Waals surface area contributed by atoms with Gasteiger partial charge in [0.1, 0.15) is 5.82 Å². The van der Waals surface area contributed by atoms with E-state index < -0.39 is 0 Å². The molecule has 18 heavy (non-hydrogen) atoms. The third-order valence-corrected chi connectivity index (χ3v) is 3.88. The van der Waals surface area contributed by atoms with Crippen molar-refractivity contribution < 1.29 is 9.50 Å². The lowest BCUT2D eigenvalue weighted by Gasteiger charge is -2.18. The lowest BCUT2D eigenvalue weighted by Crippen LogP contribution is -2.12. The van der Waals surface area contributed by atoms with Crippen molar-refractivity contribution in [2.24, 2.45) is 5.41 Å². The van der Waals surface area contributed by atoms with E-state index in [1.165, 1.54) is 12.1 Å². The summed E-state index contributed by atoms with van der Waals surface area (Å²) in [5.41, 5.74) is 0.337. The molecule has 3 heteroatoms. The Labute approximate surface area is 114 Å². The van der Waals surface area contributed by atoms with Crippen LogP contribution < -0.4 is 0 Å². The number of hydrogen-bond acceptors (Lipinski definition) is 2. The Bertz CT molecular complexity index is 343. The van der Waals surface area contributed by atoms with Gasteiger partial charge in [-0.3, -0.25) is 0 Å². The summed E-state index contributed by atoms with van der Waals surface area (Å²) in [5, 5.41) is 9.87. The van der Waals surface area contributed by atoms with Crippen molar-refractivity contribution in [3.63, 3.8) is 0 Å². The molecule has 0 aliphatic heterocycles. The molecule has 1 nitrogen and oxygen atoms in total. The van der Waals surface area contributed by atoms with Gasteiger partial charge in [0.25, 0.3) is 0 Å². The monoisotopic (exact) mass is 270 g/mol. The number of aliphatic hydroxyl groups excluding tert-OH is 1. The predicted octanol–water partition coefficient (Wildman–Crippen LogP) is 4.50. The van der Waals surface area contributed by atoms with Crippen molar-refractivity contribution in [3.8, 4) is 0 Å². The Kier molecular flexibility index (Phi) is 6.16. The van der Waals surface area contributed by atoms with Crippen LogP contribution in [-0.4, -0.2) is 17.0 Å².